The Hall–Kier alpha value is -2.70. The number of aliphatic carboxylic acids is 1. The van der Waals surface area contributed by atoms with Crippen molar-refractivity contribution in [3.63, 3.8) is 0 Å². The molecule has 0 unspecified atom stereocenters. The van der Waals surface area contributed by atoms with Crippen LogP contribution in [-0.2, 0) is 9.59 Å². The molecule has 0 aliphatic carbocycles. The fourth-order valence-corrected chi connectivity index (χ4v) is 1.58. The highest BCUT2D eigenvalue weighted by molar-refractivity contribution is 6.04. The molecule has 0 aromatic heterocycles. The number of nitrogens with zero attached hydrogens (tertiary/aromatic N) is 3. The van der Waals surface area contributed by atoms with Crippen LogP contribution >= 0.6 is 0 Å². The van der Waals surface area contributed by atoms with Gasteiger partial charge >= 0.3 is 12.0 Å². The molecule has 1 aliphatic heterocycles. The highest BCUT2D eigenvalue weighted by Crippen LogP contribution is 2.10. The lowest BCUT2D eigenvalue weighted by Crippen LogP contribution is -2.35. The van der Waals surface area contributed by atoms with Gasteiger partial charge in [0.2, 0.25) is 0 Å². The Morgan fingerprint density at radius 2 is 2.00 bits per heavy atom. The Kier molecular flexibility index (Phi) is 3.56. The van der Waals surface area contributed by atoms with Crippen LogP contribution in [0.25, 0.3) is 0 Å². The van der Waals surface area contributed by atoms with E-state index in [1.807, 2.05) is 18.2 Å². The van der Waals surface area contributed by atoms with Crippen LogP contribution in [0.15, 0.2) is 35.4 Å². The van der Waals surface area contributed by atoms with E-state index in [4.69, 9.17) is 5.11 Å². The molecule has 3 amide bonds. The lowest BCUT2D eigenvalue weighted by Gasteiger charge is -2.10. The third-order valence-electron chi connectivity index (χ3n) is 2.48. The topological polar surface area (TPSA) is 90.3 Å². The molecule has 19 heavy (non-hydrogen) atoms. The number of carboxylic acids is 1. The number of rotatable bonds is 4. The zero-order valence-corrected chi connectivity index (χ0v) is 9.89. The van der Waals surface area contributed by atoms with Crippen molar-refractivity contribution in [2.75, 3.05) is 13.1 Å². The summed E-state index contributed by atoms with van der Waals surface area (Å²) in [4.78, 5) is 34.4. The van der Waals surface area contributed by atoms with Crippen LogP contribution in [0, 0.1) is 0 Å². The van der Waals surface area contributed by atoms with Gasteiger partial charge in [-0.25, -0.2) is 14.7 Å². The van der Waals surface area contributed by atoms with Gasteiger partial charge in [0.05, 0.1) is 6.21 Å². The number of amides is 3. The minimum atomic E-state index is -1.24. The molecule has 1 heterocycles. The van der Waals surface area contributed by atoms with Gasteiger partial charge in [0.15, 0.2) is 0 Å². The first kappa shape index (κ1) is 12.7. The molecule has 1 fully saturated rings. The van der Waals surface area contributed by atoms with Crippen molar-refractivity contribution in [3.05, 3.63) is 35.9 Å². The maximum absolute atomic E-state index is 11.7. The molecule has 1 N–H and O–H groups in total. The summed E-state index contributed by atoms with van der Waals surface area (Å²) in [5.41, 5.74) is 0.777. The third kappa shape index (κ3) is 2.95. The zero-order valence-electron chi connectivity index (χ0n) is 9.89. The Morgan fingerprint density at radius 3 is 2.63 bits per heavy atom. The van der Waals surface area contributed by atoms with Crippen molar-refractivity contribution in [2.24, 2.45) is 5.10 Å². The number of hydrogen-bond donors (Lipinski definition) is 1. The van der Waals surface area contributed by atoms with E-state index < -0.39 is 24.5 Å². The van der Waals surface area contributed by atoms with Crippen LogP contribution in [0.4, 0.5) is 4.79 Å². The van der Waals surface area contributed by atoms with E-state index in [0.717, 1.165) is 10.6 Å². The third-order valence-corrected chi connectivity index (χ3v) is 2.48. The van der Waals surface area contributed by atoms with Crippen molar-refractivity contribution in [2.45, 2.75) is 0 Å². The van der Waals surface area contributed by atoms with Crippen molar-refractivity contribution >= 4 is 24.1 Å². The van der Waals surface area contributed by atoms with Gasteiger partial charge in [-0.2, -0.15) is 5.10 Å². The molecule has 1 aromatic carbocycles. The summed E-state index contributed by atoms with van der Waals surface area (Å²) in [7, 11) is 0. The fourth-order valence-electron chi connectivity index (χ4n) is 1.58. The van der Waals surface area contributed by atoms with Crippen LogP contribution in [0.2, 0.25) is 0 Å². The average molecular weight is 261 g/mol. The molecule has 7 heteroatoms. The summed E-state index contributed by atoms with van der Waals surface area (Å²) in [5, 5.41) is 13.4. The van der Waals surface area contributed by atoms with Crippen molar-refractivity contribution in [1.29, 1.82) is 0 Å². The minimum Gasteiger partial charge on any atom is -0.480 e. The molecule has 0 spiro atoms. The van der Waals surface area contributed by atoms with Crippen molar-refractivity contribution < 1.29 is 19.5 Å². The number of imide groups is 1. The van der Waals surface area contributed by atoms with Gasteiger partial charge in [-0.1, -0.05) is 30.3 Å². The quantitative estimate of drug-likeness (QED) is 0.626. The lowest BCUT2D eigenvalue weighted by molar-refractivity contribution is -0.141. The van der Waals surface area contributed by atoms with Gasteiger partial charge < -0.3 is 5.11 Å². The maximum Gasteiger partial charge on any atom is 0.348 e. The van der Waals surface area contributed by atoms with Crippen LogP contribution in [0.5, 0.6) is 0 Å². The number of benzene rings is 1. The molecule has 98 valence electrons. The lowest BCUT2D eigenvalue weighted by atomic mass is 10.2. The van der Waals surface area contributed by atoms with Crippen LogP contribution in [0.3, 0.4) is 0 Å². The fraction of sp³-hybridized carbons (Fsp3) is 0.167. The van der Waals surface area contributed by atoms with E-state index in [9.17, 15) is 14.4 Å². The minimum absolute atomic E-state index is 0.241. The summed E-state index contributed by atoms with van der Waals surface area (Å²) in [6.07, 6.45) is 1.44. The van der Waals surface area contributed by atoms with Crippen LogP contribution in [0.1, 0.15) is 5.56 Å². The molecule has 0 radical (unpaired) electrons. The first-order valence-electron chi connectivity index (χ1n) is 5.50. The standard InChI is InChI=1S/C12H11N3O4/c16-10-7-15(12(19)14(10)8-11(17)18)13-6-9-4-2-1-3-5-9/h1-6H,7-8H2,(H,17,18)/b13-6+. The van der Waals surface area contributed by atoms with E-state index in [1.165, 1.54) is 6.21 Å². The number of urea groups is 1. The normalized spacial score (nSPS) is 15.6. The monoisotopic (exact) mass is 261 g/mol. The summed E-state index contributed by atoms with van der Waals surface area (Å²) in [6.45, 7) is -0.884. The predicted octanol–water partition coefficient (Wildman–Crippen LogP) is 0.369. The first-order chi connectivity index (χ1) is 9.08. The second-order valence-electron chi connectivity index (χ2n) is 3.87. The Bertz CT molecular complexity index is 541. The number of hydrazone groups is 1. The SMILES string of the molecule is O=C(O)CN1C(=O)CN(/N=C/c2ccccc2)C1=O. The molecule has 0 atom stereocenters. The van der Waals surface area contributed by atoms with Gasteiger partial charge in [0.1, 0.15) is 13.1 Å². The molecular weight excluding hydrogens is 250 g/mol. The Balaban J connectivity index is 2.07. The van der Waals surface area contributed by atoms with E-state index >= 15 is 0 Å². The molecule has 1 aromatic rings. The summed E-state index contributed by atoms with van der Waals surface area (Å²) in [5.74, 6) is -1.81. The molecule has 0 bridgehead atoms. The summed E-state index contributed by atoms with van der Waals surface area (Å²) in [6, 6.07) is 8.34. The Morgan fingerprint density at radius 1 is 1.32 bits per heavy atom. The smallest absolute Gasteiger partial charge is 0.348 e. The van der Waals surface area contributed by atoms with Gasteiger partial charge in [0, 0.05) is 0 Å². The second kappa shape index (κ2) is 5.30. The number of carbonyl (C=O) groups excluding carboxylic acids is 2. The molecule has 1 saturated heterocycles. The molecular formula is C12H11N3O4. The summed E-state index contributed by atoms with van der Waals surface area (Å²) >= 11 is 0. The molecule has 7 nitrogen and oxygen atoms in total. The van der Waals surface area contributed by atoms with Crippen LogP contribution < -0.4 is 0 Å². The zero-order chi connectivity index (χ0) is 13.8. The van der Waals surface area contributed by atoms with E-state index in [1.54, 1.807) is 12.1 Å². The second-order valence-corrected chi connectivity index (χ2v) is 3.87. The highest BCUT2D eigenvalue weighted by atomic mass is 16.4. The molecule has 1 aliphatic rings. The highest BCUT2D eigenvalue weighted by Gasteiger charge is 2.37. The molecule has 0 saturated carbocycles. The largest absolute Gasteiger partial charge is 0.480 e. The van der Waals surface area contributed by atoms with Crippen molar-refractivity contribution in [3.8, 4) is 0 Å². The summed E-state index contributed by atoms with van der Waals surface area (Å²) < 4.78 is 0. The van der Waals surface area contributed by atoms with E-state index in [2.05, 4.69) is 5.10 Å². The van der Waals surface area contributed by atoms with Gasteiger partial charge in [-0.05, 0) is 5.56 Å². The number of carbonyl (C=O) groups is 3. The predicted molar refractivity (Wildman–Crippen MR) is 65.5 cm³/mol. The maximum atomic E-state index is 11.7. The van der Waals surface area contributed by atoms with E-state index in [0.29, 0.717) is 4.90 Å². The number of hydrogen-bond acceptors (Lipinski definition) is 4. The first-order valence-corrected chi connectivity index (χ1v) is 5.50. The molecule has 2 rings (SSSR count). The van der Waals surface area contributed by atoms with Crippen LogP contribution in [-0.4, -0.2) is 52.2 Å². The van der Waals surface area contributed by atoms with Gasteiger partial charge in [0.25, 0.3) is 5.91 Å². The average Bonchev–Trinajstić information content (AvgIpc) is 2.65. The van der Waals surface area contributed by atoms with Crippen molar-refractivity contribution in [1.82, 2.24) is 9.91 Å². The van der Waals surface area contributed by atoms with E-state index in [-0.39, 0.29) is 6.54 Å². The van der Waals surface area contributed by atoms with Gasteiger partial charge in [-0.3, -0.25) is 9.59 Å². The Labute approximate surface area is 108 Å². The number of carboxylic acid groups (broad SMARTS) is 1. The van der Waals surface area contributed by atoms with Gasteiger partial charge in [-0.15, -0.1) is 0 Å².